The Bertz CT molecular complexity index is 976. The summed E-state index contributed by atoms with van der Waals surface area (Å²) in [7, 11) is 0. The molecule has 140 valence electrons. The van der Waals surface area contributed by atoms with E-state index in [1.807, 2.05) is 66.9 Å². The second-order valence-electron chi connectivity index (χ2n) is 6.46. The number of aryl methyl sites for hydroxylation is 1. The van der Waals surface area contributed by atoms with Crippen LogP contribution in [0.25, 0.3) is 11.4 Å². The third kappa shape index (κ3) is 4.93. The van der Waals surface area contributed by atoms with Crippen molar-refractivity contribution in [3.63, 3.8) is 0 Å². The second kappa shape index (κ2) is 8.63. The average molecular weight is 445 g/mol. The van der Waals surface area contributed by atoms with E-state index in [1.54, 1.807) is 0 Å². The standard InChI is InChI=1S/C20H21BrN4OS/c1-13-3-5-16(6-4-13)19-23-24-20(27)25(19)12-11-18(26)22-14(2)15-7-9-17(21)10-8-15/h3-10,14H,11-12H2,1-2H3,(H,22,26)(H,24,27). The summed E-state index contributed by atoms with van der Waals surface area (Å²) in [5, 5.41) is 10.2. The van der Waals surface area contributed by atoms with Crippen LogP contribution in [0.4, 0.5) is 0 Å². The van der Waals surface area contributed by atoms with Crippen molar-refractivity contribution in [3.05, 3.63) is 68.9 Å². The lowest BCUT2D eigenvalue weighted by Crippen LogP contribution is -2.27. The van der Waals surface area contributed by atoms with E-state index in [2.05, 4.69) is 31.4 Å². The molecule has 0 fully saturated rings. The molecule has 7 heteroatoms. The van der Waals surface area contributed by atoms with E-state index >= 15 is 0 Å². The first-order valence-corrected chi connectivity index (χ1v) is 9.91. The molecule has 2 aromatic carbocycles. The van der Waals surface area contributed by atoms with E-state index in [9.17, 15) is 4.79 Å². The van der Waals surface area contributed by atoms with Crippen molar-refractivity contribution >= 4 is 34.1 Å². The first-order valence-electron chi connectivity index (χ1n) is 8.71. The third-order valence-corrected chi connectivity index (χ3v) is 5.22. The molecule has 1 amide bonds. The first-order chi connectivity index (χ1) is 12.9. The lowest BCUT2D eigenvalue weighted by Gasteiger charge is -2.15. The van der Waals surface area contributed by atoms with E-state index in [-0.39, 0.29) is 11.9 Å². The molecular weight excluding hydrogens is 424 g/mol. The van der Waals surface area contributed by atoms with Crippen LogP contribution in [0.3, 0.4) is 0 Å². The number of rotatable bonds is 6. The Morgan fingerprint density at radius 2 is 1.89 bits per heavy atom. The van der Waals surface area contributed by atoms with Crippen molar-refractivity contribution in [1.82, 2.24) is 20.1 Å². The molecule has 0 spiro atoms. The summed E-state index contributed by atoms with van der Waals surface area (Å²) in [5.74, 6) is 0.720. The molecule has 0 saturated carbocycles. The molecule has 0 aliphatic rings. The highest BCUT2D eigenvalue weighted by molar-refractivity contribution is 9.10. The molecule has 3 aromatic rings. The summed E-state index contributed by atoms with van der Waals surface area (Å²) in [4.78, 5) is 12.4. The molecule has 3 rings (SSSR count). The summed E-state index contributed by atoms with van der Waals surface area (Å²) in [5.41, 5.74) is 3.21. The molecule has 0 aliphatic carbocycles. The predicted octanol–water partition coefficient (Wildman–Crippen LogP) is 4.95. The predicted molar refractivity (Wildman–Crippen MR) is 113 cm³/mol. The lowest BCUT2D eigenvalue weighted by molar-refractivity contribution is -0.121. The number of aromatic amines is 1. The zero-order valence-electron chi connectivity index (χ0n) is 15.2. The average Bonchev–Trinajstić information content (AvgIpc) is 3.01. The van der Waals surface area contributed by atoms with Crippen molar-refractivity contribution < 1.29 is 4.79 Å². The van der Waals surface area contributed by atoms with E-state index in [0.29, 0.717) is 17.7 Å². The van der Waals surface area contributed by atoms with Gasteiger partial charge in [-0.05, 0) is 43.8 Å². The highest BCUT2D eigenvalue weighted by Gasteiger charge is 2.13. The minimum Gasteiger partial charge on any atom is -0.350 e. The Kier molecular flexibility index (Phi) is 6.23. The van der Waals surface area contributed by atoms with Crippen molar-refractivity contribution in [2.45, 2.75) is 32.9 Å². The minimum absolute atomic E-state index is 0.0247. The van der Waals surface area contributed by atoms with Crippen LogP contribution in [0.2, 0.25) is 0 Å². The number of halogens is 1. The van der Waals surface area contributed by atoms with Crippen LogP contribution >= 0.6 is 28.1 Å². The maximum atomic E-state index is 12.4. The summed E-state index contributed by atoms with van der Waals surface area (Å²) < 4.78 is 3.39. The Labute approximate surface area is 171 Å². The summed E-state index contributed by atoms with van der Waals surface area (Å²) >= 11 is 8.76. The maximum absolute atomic E-state index is 12.4. The van der Waals surface area contributed by atoms with Gasteiger partial charge in [-0.1, -0.05) is 57.9 Å². The van der Waals surface area contributed by atoms with Gasteiger partial charge < -0.3 is 5.32 Å². The number of nitrogens with one attached hydrogen (secondary N) is 2. The molecule has 0 radical (unpaired) electrons. The topological polar surface area (TPSA) is 62.7 Å². The molecule has 27 heavy (non-hydrogen) atoms. The largest absolute Gasteiger partial charge is 0.350 e. The number of nitrogens with zero attached hydrogens (tertiary/aromatic N) is 2. The van der Waals surface area contributed by atoms with Gasteiger partial charge in [0.05, 0.1) is 6.04 Å². The number of hydrogen-bond donors (Lipinski definition) is 2. The Hall–Kier alpha value is -2.25. The fourth-order valence-corrected chi connectivity index (χ4v) is 3.30. The number of carbonyl (C=O) groups excluding carboxylic acids is 1. The summed E-state index contributed by atoms with van der Waals surface area (Å²) in [6, 6.07) is 16.0. The molecule has 0 aliphatic heterocycles. The van der Waals surface area contributed by atoms with Crippen LogP contribution in [0.15, 0.2) is 53.0 Å². The smallest absolute Gasteiger partial charge is 0.222 e. The number of amides is 1. The SMILES string of the molecule is Cc1ccc(-c2n[nH]c(=S)n2CCC(=O)NC(C)c2ccc(Br)cc2)cc1. The summed E-state index contributed by atoms with van der Waals surface area (Å²) in [6.07, 6.45) is 0.327. The van der Waals surface area contributed by atoms with Crippen molar-refractivity contribution in [2.24, 2.45) is 0 Å². The molecule has 0 bridgehead atoms. The third-order valence-electron chi connectivity index (χ3n) is 4.38. The molecular formula is C20H21BrN4OS. The number of carbonyl (C=O) groups is 1. The molecule has 1 aromatic heterocycles. The monoisotopic (exact) mass is 444 g/mol. The summed E-state index contributed by atoms with van der Waals surface area (Å²) in [6.45, 7) is 4.48. The van der Waals surface area contributed by atoms with Gasteiger partial charge in [0, 0.05) is 23.0 Å². The Morgan fingerprint density at radius 3 is 2.56 bits per heavy atom. The molecule has 1 atom stereocenters. The highest BCUT2D eigenvalue weighted by Crippen LogP contribution is 2.19. The zero-order valence-corrected chi connectivity index (χ0v) is 17.6. The number of aromatic nitrogens is 3. The van der Waals surface area contributed by atoms with E-state index in [0.717, 1.165) is 21.4 Å². The molecule has 1 unspecified atom stereocenters. The Balaban J connectivity index is 1.65. The van der Waals surface area contributed by atoms with E-state index in [4.69, 9.17) is 12.2 Å². The first kappa shape index (κ1) is 19.5. The van der Waals surface area contributed by atoms with Gasteiger partial charge in [0.1, 0.15) is 0 Å². The van der Waals surface area contributed by atoms with Gasteiger partial charge in [-0.2, -0.15) is 5.10 Å². The highest BCUT2D eigenvalue weighted by atomic mass is 79.9. The van der Waals surface area contributed by atoms with Crippen LogP contribution in [0.1, 0.15) is 30.5 Å². The Morgan fingerprint density at radius 1 is 1.22 bits per heavy atom. The molecule has 1 heterocycles. The molecule has 2 N–H and O–H groups in total. The van der Waals surface area contributed by atoms with Gasteiger partial charge in [-0.15, -0.1) is 0 Å². The zero-order chi connectivity index (χ0) is 19.4. The van der Waals surface area contributed by atoms with Crippen LogP contribution in [-0.4, -0.2) is 20.7 Å². The van der Waals surface area contributed by atoms with E-state index < -0.39 is 0 Å². The van der Waals surface area contributed by atoms with Crippen LogP contribution in [-0.2, 0) is 11.3 Å². The number of H-pyrrole nitrogens is 1. The lowest BCUT2D eigenvalue weighted by atomic mass is 10.1. The normalized spacial score (nSPS) is 12.0. The van der Waals surface area contributed by atoms with Gasteiger partial charge in [-0.3, -0.25) is 14.5 Å². The fourth-order valence-electron chi connectivity index (χ4n) is 2.81. The fraction of sp³-hybridized carbons (Fsp3) is 0.250. The number of hydrogen-bond acceptors (Lipinski definition) is 3. The molecule has 0 saturated heterocycles. The van der Waals surface area contributed by atoms with Crippen molar-refractivity contribution in [3.8, 4) is 11.4 Å². The van der Waals surface area contributed by atoms with Gasteiger partial charge in [0.25, 0.3) is 0 Å². The quantitative estimate of drug-likeness (QED) is 0.528. The maximum Gasteiger partial charge on any atom is 0.222 e. The van der Waals surface area contributed by atoms with Gasteiger partial charge in [0.15, 0.2) is 10.6 Å². The van der Waals surface area contributed by atoms with Gasteiger partial charge >= 0.3 is 0 Å². The second-order valence-corrected chi connectivity index (χ2v) is 7.76. The van der Waals surface area contributed by atoms with E-state index in [1.165, 1.54) is 5.56 Å². The van der Waals surface area contributed by atoms with Crippen molar-refractivity contribution in [2.75, 3.05) is 0 Å². The molecule has 5 nitrogen and oxygen atoms in total. The van der Waals surface area contributed by atoms with Gasteiger partial charge in [-0.25, -0.2) is 0 Å². The van der Waals surface area contributed by atoms with Crippen LogP contribution in [0, 0.1) is 11.7 Å². The van der Waals surface area contributed by atoms with Gasteiger partial charge in [0.2, 0.25) is 5.91 Å². The van der Waals surface area contributed by atoms with Crippen molar-refractivity contribution in [1.29, 1.82) is 0 Å². The van der Waals surface area contributed by atoms with Crippen LogP contribution < -0.4 is 5.32 Å². The van der Waals surface area contributed by atoms with Crippen LogP contribution in [0.5, 0.6) is 0 Å². The number of benzene rings is 2. The minimum atomic E-state index is -0.0560.